The summed E-state index contributed by atoms with van der Waals surface area (Å²) < 4.78 is 0. The third-order valence-electron chi connectivity index (χ3n) is 4.12. The van der Waals surface area contributed by atoms with E-state index >= 15 is 0 Å². The normalized spacial score (nSPS) is 10.7. The van der Waals surface area contributed by atoms with E-state index in [1.807, 2.05) is 30.5 Å². The molecule has 0 aliphatic rings. The second-order valence-electron chi connectivity index (χ2n) is 5.71. The molecule has 0 fully saturated rings. The Kier molecular flexibility index (Phi) is 3.60. The SMILES string of the molecule is Nc1ccc(-c2ccc(-c3ccc(-c4ncc[nH]4)cc3)cc2)cc1. The number of aromatic amines is 1. The van der Waals surface area contributed by atoms with Crippen molar-refractivity contribution in [3.05, 3.63) is 85.2 Å². The van der Waals surface area contributed by atoms with Crippen LogP contribution in [0.3, 0.4) is 0 Å². The third-order valence-corrected chi connectivity index (χ3v) is 4.12. The highest BCUT2D eigenvalue weighted by molar-refractivity contribution is 5.72. The Balaban J connectivity index is 1.59. The van der Waals surface area contributed by atoms with Crippen molar-refractivity contribution in [2.75, 3.05) is 5.73 Å². The van der Waals surface area contributed by atoms with Gasteiger partial charge in [-0.15, -0.1) is 0 Å². The predicted octanol–water partition coefficient (Wildman–Crippen LogP) is 4.99. The van der Waals surface area contributed by atoms with Gasteiger partial charge in [-0.2, -0.15) is 0 Å². The maximum Gasteiger partial charge on any atom is 0.137 e. The van der Waals surface area contributed by atoms with Gasteiger partial charge in [-0.05, 0) is 34.4 Å². The number of nitrogens with one attached hydrogen (secondary N) is 1. The van der Waals surface area contributed by atoms with Crippen LogP contribution in [0, 0.1) is 0 Å². The summed E-state index contributed by atoms with van der Waals surface area (Å²) in [5.74, 6) is 0.889. The van der Waals surface area contributed by atoms with Crippen LogP contribution in [0.15, 0.2) is 85.2 Å². The Labute approximate surface area is 140 Å². The van der Waals surface area contributed by atoms with Crippen molar-refractivity contribution in [2.24, 2.45) is 0 Å². The quantitative estimate of drug-likeness (QED) is 0.523. The van der Waals surface area contributed by atoms with Crippen LogP contribution in [-0.2, 0) is 0 Å². The standard InChI is InChI=1S/C21H17N3/c22-20-11-9-18(10-12-20)16-3-1-15(2-4-16)17-5-7-19(8-6-17)21-23-13-14-24-21/h1-14H,22H2,(H,23,24). The topological polar surface area (TPSA) is 54.7 Å². The van der Waals surface area contributed by atoms with E-state index in [-0.39, 0.29) is 0 Å². The summed E-state index contributed by atoms with van der Waals surface area (Å²) in [6.45, 7) is 0. The average molecular weight is 311 g/mol. The first-order chi connectivity index (χ1) is 11.8. The zero-order valence-corrected chi connectivity index (χ0v) is 13.1. The highest BCUT2D eigenvalue weighted by atomic mass is 14.9. The smallest absolute Gasteiger partial charge is 0.137 e. The molecular weight excluding hydrogens is 294 g/mol. The molecule has 4 rings (SSSR count). The fourth-order valence-electron chi connectivity index (χ4n) is 2.77. The van der Waals surface area contributed by atoms with Crippen molar-refractivity contribution in [3.8, 4) is 33.6 Å². The van der Waals surface area contributed by atoms with Crippen LogP contribution in [0.1, 0.15) is 0 Å². The van der Waals surface area contributed by atoms with Crippen LogP contribution >= 0.6 is 0 Å². The van der Waals surface area contributed by atoms with Crippen LogP contribution < -0.4 is 5.73 Å². The minimum absolute atomic E-state index is 0.784. The van der Waals surface area contributed by atoms with Gasteiger partial charge < -0.3 is 10.7 Å². The fourth-order valence-corrected chi connectivity index (χ4v) is 2.77. The lowest BCUT2D eigenvalue weighted by Gasteiger charge is -2.06. The van der Waals surface area contributed by atoms with Crippen LogP contribution in [-0.4, -0.2) is 9.97 Å². The molecule has 1 aromatic heterocycles. The minimum Gasteiger partial charge on any atom is -0.399 e. The van der Waals surface area contributed by atoms with Gasteiger partial charge in [0.15, 0.2) is 0 Å². The van der Waals surface area contributed by atoms with Crippen molar-refractivity contribution >= 4 is 5.69 Å². The zero-order chi connectivity index (χ0) is 16.4. The molecule has 0 unspecified atom stereocenters. The predicted molar refractivity (Wildman–Crippen MR) is 99.3 cm³/mol. The molecular formula is C21H17N3. The van der Waals surface area contributed by atoms with Gasteiger partial charge in [0.25, 0.3) is 0 Å². The Morgan fingerprint density at radius 2 is 1.00 bits per heavy atom. The molecule has 0 atom stereocenters. The van der Waals surface area contributed by atoms with E-state index in [1.165, 1.54) is 22.3 Å². The number of imidazole rings is 1. The van der Waals surface area contributed by atoms with E-state index in [1.54, 1.807) is 6.20 Å². The van der Waals surface area contributed by atoms with Gasteiger partial charge in [0.1, 0.15) is 5.82 Å². The van der Waals surface area contributed by atoms with Crippen LogP contribution in [0.5, 0.6) is 0 Å². The first-order valence-corrected chi connectivity index (χ1v) is 7.86. The van der Waals surface area contributed by atoms with Crippen LogP contribution in [0.4, 0.5) is 5.69 Å². The number of benzene rings is 3. The first kappa shape index (κ1) is 14.3. The molecule has 0 amide bonds. The van der Waals surface area contributed by atoms with Crippen LogP contribution in [0.2, 0.25) is 0 Å². The molecule has 0 radical (unpaired) electrons. The molecule has 4 aromatic rings. The molecule has 3 heteroatoms. The molecule has 3 nitrogen and oxygen atoms in total. The van der Waals surface area contributed by atoms with Gasteiger partial charge in [0.05, 0.1) is 0 Å². The number of H-pyrrole nitrogens is 1. The summed E-state index contributed by atoms with van der Waals surface area (Å²) in [6.07, 6.45) is 3.60. The highest BCUT2D eigenvalue weighted by Gasteiger charge is 2.03. The first-order valence-electron chi connectivity index (χ1n) is 7.86. The van der Waals surface area contributed by atoms with Gasteiger partial charge in [0, 0.05) is 23.6 Å². The number of hydrogen-bond donors (Lipinski definition) is 2. The zero-order valence-electron chi connectivity index (χ0n) is 13.1. The lowest BCUT2D eigenvalue weighted by molar-refractivity contribution is 1.31. The van der Waals surface area contributed by atoms with E-state index in [0.29, 0.717) is 0 Å². The van der Waals surface area contributed by atoms with Crippen molar-refractivity contribution < 1.29 is 0 Å². The van der Waals surface area contributed by atoms with E-state index in [2.05, 4.69) is 58.5 Å². The summed E-state index contributed by atoms with van der Waals surface area (Å²) in [6, 6.07) is 24.9. The van der Waals surface area contributed by atoms with Crippen molar-refractivity contribution in [1.82, 2.24) is 9.97 Å². The number of rotatable bonds is 3. The molecule has 116 valence electrons. The van der Waals surface area contributed by atoms with E-state index in [9.17, 15) is 0 Å². The number of nitrogens with two attached hydrogens (primary N) is 1. The number of nitrogens with zero attached hydrogens (tertiary/aromatic N) is 1. The molecule has 1 heterocycles. The molecule has 0 saturated heterocycles. The second kappa shape index (κ2) is 6.05. The second-order valence-corrected chi connectivity index (χ2v) is 5.71. The molecule has 0 spiro atoms. The molecule has 3 N–H and O–H groups in total. The summed E-state index contributed by atoms with van der Waals surface area (Å²) in [7, 11) is 0. The summed E-state index contributed by atoms with van der Waals surface area (Å²) in [5, 5.41) is 0. The molecule has 0 saturated carbocycles. The van der Waals surface area contributed by atoms with Gasteiger partial charge in [-0.1, -0.05) is 60.7 Å². The van der Waals surface area contributed by atoms with Gasteiger partial charge >= 0.3 is 0 Å². The number of nitrogen functional groups attached to an aromatic ring is 1. The Bertz CT molecular complexity index is 920. The average Bonchev–Trinajstić information content (AvgIpc) is 3.17. The third kappa shape index (κ3) is 2.79. The molecule has 24 heavy (non-hydrogen) atoms. The van der Waals surface area contributed by atoms with Crippen molar-refractivity contribution in [1.29, 1.82) is 0 Å². The molecule has 3 aromatic carbocycles. The minimum atomic E-state index is 0.784. The Hall–Kier alpha value is -3.33. The monoisotopic (exact) mass is 311 g/mol. The van der Waals surface area contributed by atoms with Gasteiger partial charge in [-0.25, -0.2) is 4.98 Å². The summed E-state index contributed by atoms with van der Waals surface area (Å²) in [4.78, 5) is 7.40. The lowest BCUT2D eigenvalue weighted by atomic mass is 9.99. The van der Waals surface area contributed by atoms with Gasteiger partial charge in [0.2, 0.25) is 0 Å². The Morgan fingerprint density at radius 3 is 1.42 bits per heavy atom. The Morgan fingerprint density at radius 1 is 0.583 bits per heavy atom. The lowest BCUT2D eigenvalue weighted by Crippen LogP contribution is -1.85. The van der Waals surface area contributed by atoms with Crippen molar-refractivity contribution in [2.45, 2.75) is 0 Å². The molecule has 0 aliphatic carbocycles. The number of aromatic nitrogens is 2. The number of anilines is 1. The molecule has 0 bridgehead atoms. The number of hydrogen-bond acceptors (Lipinski definition) is 2. The summed E-state index contributed by atoms with van der Waals surface area (Å²) in [5.41, 5.74) is 12.4. The van der Waals surface area contributed by atoms with Crippen molar-refractivity contribution in [3.63, 3.8) is 0 Å². The van der Waals surface area contributed by atoms with Gasteiger partial charge in [-0.3, -0.25) is 0 Å². The molecule has 0 aliphatic heterocycles. The highest BCUT2D eigenvalue weighted by Crippen LogP contribution is 2.26. The maximum absolute atomic E-state index is 5.75. The fraction of sp³-hybridized carbons (Fsp3) is 0. The van der Waals surface area contributed by atoms with E-state index in [4.69, 9.17) is 5.73 Å². The van der Waals surface area contributed by atoms with Crippen LogP contribution in [0.25, 0.3) is 33.6 Å². The largest absolute Gasteiger partial charge is 0.399 e. The maximum atomic E-state index is 5.75. The summed E-state index contributed by atoms with van der Waals surface area (Å²) >= 11 is 0. The van der Waals surface area contributed by atoms with E-state index in [0.717, 1.165) is 17.1 Å². The van der Waals surface area contributed by atoms with E-state index < -0.39 is 0 Å².